The van der Waals surface area contributed by atoms with E-state index < -0.39 is 11.7 Å². The molecule has 1 heterocycles. The van der Waals surface area contributed by atoms with Crippen molar-refractivity contribution >= 4 is 0 Å². The van der Waals surface area contributed by atoms with Gasteiger partial charge in [-0.05, 0) is 6.92 Å². The molecular weight excluding hydrogens is 107 g/mol. The Hall–Kier alpha value is -0.150. The van der Waals surface area contributed by atoms with Gasteiger partial charge in [0, 0.05) is 13.1 Å². The van der Waals surface area contributed by atoms with Gasteiger partial charge >= 0.3 is 0 Å². The molecule has 0 amide bonds. The Labute approximate surface area is 48.2 Å². The van der Waals surface area contributed by atoms with Crippen molar-refractivity contribution in [3.63, 3.8) is 0 Å². The Morgan fingerprint density at radius 1 is 1.75 bits per heavy atom. The largest absolute Gasteiger partial charge is 0.321 e. The van der Waals surface area contributed by atoms with E-state index in [0.29, 0.717) is 13.1 Å². The second-order valence-electron chi connectivity index (χ2n) is 2.45. The second-order valence-corrected chi connectivity index (χ2v) is 2.45. The number of nitrogens with two attached hydrogens (primary N) is 1. The quantitative estimate of drug-likeness (QED) is 0.493. The van der Waals surface area contributed by atoms with Crippen molar-refractivity contribution in [3.8, 4) is 0 Å². The summed E-state index contributed by atoms with van der Waals surface area (Å²) in [6, 6.07) is 0. The molecule has 0 bridgehead atoms. The number of hydrogen-bond donors (Lipinski definition) is 2. The minimum Gasteiger partial charge on any atom is -0.321 e. The van der Waals surface area contributed by atoms with Crippen LogP contribution in [0, 0.1) is 0 Å². The molecule has 1 saturated heterocycles. The number of alkyl halides is 1. The van der Waals surface area contributed by atoms with Crippen LogP contribution in [0.5, 0.6) is 0 Å². The molecule has 1 fully saturated rings. The molecule has 0 aliphatic carbocycles. The molecule has 1 aliphatic heterocycles. The number of hydrogen-bond acceptors (Lipinski definition) is 2. The van der Waals surface area contributed by atoms with Gasteiger partial charge < -0.3 is 11.1 Å². The Morgan fingerprint density at radius 2 is 2.25 bits per heavy atom. The number of nitrogens with one attached hydrogen (secondary N) is 1. The summed E-state index contributed by atoms with van der Waals surface area (Å²) in [6.07, 6.45) is -0.885. The maximum absolute atomic E-state index is 12.4. The van der Waals surface area contributed by atoms with Gasteiger partial charge in [-0.15, -0.1) is 0 Å². The Morgan fingerprint density at radius 3 is 2.25 bits per heavy atom. The first-order chi connectivity index (χ1) is 3.65. The van der Waals surface area contributed by atoms with Crippen molar-refractivity contribution in [3.05, 3.63) is 0 Å². The van der Waals surface area contributed by atoms with Crippen LogP contribution in [-0.4, -0.2) is 24.8 Å². The van der Waals surface area contributed by atoms with Gasteiger partial charge in [0.05, 0.1) is 5.54 Å². The summed E-state index contributed by atoms with van der Waals surface area (Å²) >= 11 is 0. The molecule has 0 saturated carbocycles. The summed E-state index contributed by atoms with van der Waals surface area (Å²) in [6.45, 7) is 2.73. The highest BCUT2D eigenvalue weighted by Crippen LogP contribution is 2.14. The lowest BCUT2D eigenvalue weighted by molar-refractivity contribution is 0.144. The monoisotopic (exact) mass is 118 g/mol. The Kier molecular flexibility index (Phi) is 1.25. The summed E-state index contributed by atoms with van der Waals surface area (Å²) in [5.41, 5.74) is 4.95. The van der Waals surface area contributed by atoms with Crippen LogP contribution in [0.1, 0.15) is 6.92 Å². The lowest BCUT2D eigenvalue weighted by Gasteiger charge is -2.40. The van der Waals surface area contributed by atoms with Gasteiger partial charge in [0.1, 0.15) is 6.17 Å². The molecule has 1 rings (SSSR count). The van der Waals surface area contributed by atoms with Crippen molar-refractivity contribution in [2.24, 2.45) is 5.73 Å². The van der Waals surface area contributed by atoms with Crippen LogP contribution in [0.3, 0.4) is 0 Å². The molecule has 48 valence electrons. The molecule has 8 heavy (non-hydrogen) atoms. The molecule has 0 aromatic heterocycles. The highest BCUT2D eigenvalue weighted by atomic mass is 19.1. The van der Waals surface area contributed by atoms with Gasteiger partial charge in [0.25, 0.3) is 0 Å². The summed E-state index contributed by atoms with van der Waals surface area (Å²) in [7, 11) is 0. The van der Waals surface area contributed by atoms with Crippen molar-refractivity contribution in [2.75, 3.05) is 13.1 Å². The van der Waals surface area contributed by atoms with Crippen LogP contribution < -0.4 is 11.1 Å². The molecule has 2 nitrogen and oxygen atoms in total. The molecule has 0 radical (unpaired) electrons. The van der Waals surface area contributed by atoms with Crippen LogP contribution in [0.4, 0.5) is 4.39 Å². The van der Waals surface area contributed by atoms with Gasteiger partial charge in [-0.2, -0.15) is 0 Å². The number of halogens is 1. The van der Waals surface area contributed by atoms with E-state index in [0.717, 1.165) is 0 Å². The van der Waals surface area contributed by atoms with Crippen molar-refractivity contribution in [1.29, 1.82) is 0 Å². The lowest BCUT2D eigenvalue weighted by atomic mass is 9.89. The van der Waals surface area contributed by atoms with Crippen LogP contribution in [0.25, 0.3) is 0 Å². The smallest absolute Gasteiger partial charge is 0.118 e. The van der Waals surface area contributed by atoms with E-state index in [1.807, 2.05) is 0 Å². The fourth-order valence-electron chi connectivity index (χ4n) is 0.695. The third-order valence-corrected chi connectivity index (χ3v) is 1.70. The normalized spacial score (nSPS) is 28.9. The second kappa shape index (κ2) is 1.67. The van der Waals surface area contributed by atoms with E-state index in [4.69, 9.17) is 5.73 Å². The third-order valence-electron chi connectivity index (χ3n) is 1.70. The average Bonchev–Trinajstić information content (AvgIpc) is 1.60. The summed E-state index contributed by atoms with van der Waals surface area (Å²) < 4.78 is 12.4. The fourth-order valence-corrected chi connectivity index (χ4v) is 0.695. The molecule has 1 unspecified atom stereocenters. The standard InChI is InChI=1S/C5H11FN2/c1-4(6)5(7)2-8-3-5/h4,8H,2-3,7H2,1H3. The minimum absolute atomic E-state index is 0.556. The van der Waals surface area contributed by atoms with E-state index in [1.165, 1.54) is 6.92 Å². The third kappa shape index (κ3) is 0.717. The predicted octanol–water partition coefficient (Wildman–Crippen LogP) is -0.355. The van der Waals surface area contributed by atoms with Crippen LogP contribution in [0.2, 0.25) is 0 Å². The van der Waals surface area contributed by atoms with Gasteiger partial charge in [-0.1, -0.05) is 0 Å². The van der Waals surface area contributed by atoms with E-state index >= 15 is 0 Å². The van der Waals surface area contributed by atoms with E-state index in [-0.39, 0.29) is 0 Å². The topological polar surface area (TPSA) is 38.0 Å². The first-order valence-electron chi connectivity index (χ1n) is 2.79. The first kappa shape index (κ1) is 5.98. The fraction of sp³-hybridized carbons (Fsp3) is 1.00. The summed E-state index contributed by atoms with van der Waals surface area (Å²) in [4.78, 5) is 0. The molecule has 3 N–H and O–H groups in total. The molecule has 0 aromatic rings. The van der Waals surface area contributed by atoms with Crippen LogP contribution >= 0.6 is 0 Å². The van der Waals surface area contributed by atoms with Gasteiger partial charge in [0.15, 0.2) is 0 Å². The van der Waals surface area contributed by atoms with E-state index in [9.17, 15) is 4.39 Å². The molecule has 1 atom stereocenters. The molecular formula is C5H11FN2. The Bertz CT molecular complexity index is 88.4. The molecule has 0 spiro atoms. The maximum Gasteiger partial charge on any atom is 0.118 e. The number of rotatable bonds is 1. The molecule has 3 heteroatoms. The first-order valence-corrected chi connectivity index (χ1v) is 2.79. The van der Waals surface area contributed by atoms with Crippen molar-refractivity contribution in [2.45, 2.75) is 18.6 Å². The minimum atomic E-state index is -0.885. The van der Waals surface area contributed by atoms with Crippen molar-refractivity contribution in [1.82, 2.24) is 5.32 Å². The zero-order chi connectivity index (χ0) is 6.20. The zero-order valence-electron chi connectivity index (χ0n) is 4.95. The van der Waals surface area contributed by atoms with Crippen LogP contribution in [0.15, 0.2) is 0 Å². The van der Waals surface area contributed by atoms with Gasteiger partial charge in [-0.25, -0.2) is 4.39 Å². The van der Waals surface area contributed by atoms with Crippen molar-refractivity contribution < 1.29 is 4.39 Å². The predicted molar refractivity (Wildman–Crippen MR) is 30.4 cm³/mol. The maximum atomic E-state index is 12.4. The highest BCUT2D eigenvalue weighted by molar-refractivity contribution is 5.01. The van der Waals surface area contributed by atoms with E-state index in [2.05, 4.69) is 5.32 Å². The average molecular weight is 118 g/mol. The molecule has 1 aliphatic rings. The Balaban J connectivity index is 2.41. The SMILES string of the molecule is CC(F)C1(N)CNC1. The summed E-state index contributed by atoms with van der Waals surface area (Å²) in [5.74, 6) is 0. The van der Waals surface area contributed by atoms with E-state index in [1.54, 1.807) is 0 Å². The highest BCUT2D eigenvalue weighted by Gasteiger charge is 2.38. The summed E-state index contributed by atoms with van der Waals surface area (Å²) in [5, 5.41) is 2.92. The van der Waals surface area contributed by atoms with Gasteiger partial charge in [-0.3, -0.25) is 0 Å². The molecule has 0 aromatic carbocycles. The van der Waals surface area contributed by atoms with Crippen LogP contribution in [-0.2, 0) is 0 Å². The van der Waals surface area contributed by atoms with Gasteiger partial charge in [0.2, 0.25) is 0 Å². The lowest BCUT2D eigenvalue weighted by Crippen LogP contribution is -2.70. The zero-order valence-corrected chi connectivity index (χ0v) is 4.95.